The van der Waals surface area contributed by atoms with E-state index in [0.29, 0.717) is 26.2 Å². The molecule has 1 N–H and O–H groups in total. The van der Waals surface area contributed by atoms with Gasteiger partial charge in [-0.15, -0.1) is 11.3 Å². The first-order valence-electron chi connectivity index (χ1n) is 5.51. The zero-order valence-electron chi connectivity index (χ0n) is 10.3. The van der Waals surface area contributed by atoms with Gasteiger partial charge < -0.3 is 5.11 Å². The molecule has 0 unspecified atom stereocenters. The molecule has 4 nitrogen and oxygen atoms in total. The number of hydrogen-bond acceptors (Lipinski definition) is 4. The SMILES string of the molecule is CC(=O)/C(=C\c1csc2c(C#N)c(Cl)ccc12)C(=O)O. The third-order valence-electron chi connectivity index (χ3n) is 2.74. The Kier molecular flexibility index (Phi) is 3.89. The number of ketones is 1. The summed E-state index contributed by atoms with van der Waals surface area (Å²) in [5.74, 6) is -1.79. The van der Waals surface area contributed by atoms with Crippen LogP contribution in [0.1, 0.15) is 18.1 Å². The van der Waals surface area contributed by atoms with E-state index in [1.807, 2.05) is 6.07 Å². The van der Waals surface area contributed by atoms with Crippen molar-refractivity contribution >= 4 is 50.9 Å². The van der Waals surface area contributed by atoms with Gasteiger partial charge in [-0.25, -0.2) is 4.79 Å². The topological polar surface area (TPSA) is 78.2 Å². The molecular weight excluding hydrogens is 298 g/mol. The molecule has 6 heteroatoms. The number of benzene rings is 1. The minimum absolute atomic E-state index is 0.293. The van der Waals surface area contributed by atoms with Crippen molar-refractivity contribution in [2.75, 3.05) is 0 Å². The summed E-state index contributed by atoms with van der Waals surface area (Å²) in [5.41, 5.74) is 0.650. The van der Waals surface area contributed by atoms with E-state index in [-0.39, 0.29) is 5.57 Å². The number of nitriles is 1. The molecule has 0 atom stereocenters. The predicted octanol–water partition coefficient (Wildman–Crippen LogP) is 3.48. The number of hydrogen-bond donors (Lipinski definition) is 1. The molecule has 0 radical (unpaired) electrons. The lowest BCUT2D eigenvalue weighted by Crippen LogP contribution is -2.08. The van der Waals surface area contributed by atoms with Gasteiger partial charge in [0, 0.05) is 5.39 Å². The minimum Gasteiger partial charge on any atom is -0.478 e. The largest absolute Gasteiger partial charge is 0.478 e. The number of aliphatic carboxylic acids is 1. The maximum absolute atomic E-state index is 11.3. The number of rotatable bonds is 3. The first-order chi connectivity index (χ1) is 9.45. The van der Waals surface area contributed by atoms with Gasteiger partial charge in [0.25, 0.3) is 0 Å². The summed E-state index contributed by atoms with van der Waals surface area (Å²) >= 11 is 7.23. The number of fused-ring (bicyclic) bond motifs is 1. The Morgan fingerprint density at radius 1 is 1.45 bits per heavy atom. The third-order valence-corrected chi connectivity index (χ3v) is 4.09. The number of carboxylic acid groups (broad SMARTS) is 1. The molecule has 100 valence electrons. The highest BCUT2D eigenvalue weighted by Crippen LogP contribution is 2.34. The van der Waals surface area contributed by atoms with Crippen LogP contribution >= 0.6 is 22.9 Å². The van der Waals surface area contributed by atoms with Crippen LogP contribution in [0.5, 0.6) is 0 Å². The number of halogens is 1. The Labute approximate surface area is 123 Å². The molecule has 0 aliphatic rings. The predicted molar refractivity (Wildman–Crippen MR) is 77.8 cm³/mol. The number of carboxylic acids is 1. The third kappa shape index (κ3) is 2.44. The summed E-state index contributed by atoms with van der Waals surface area (Å²) in [4.78, 5) is 22.3. The van der Waals surface area contributed by atoms with Crippen molar-refractivity contribution in [2.45, 2.75) is 6.92 Å². The molecule has 2 aromatic rings. The maximum Gasteiger partial charge on any atom is 0.339 e. The Balaban J connectivity index is 2.70. The van der Waals surface area contributed by atoms with Crippen LogP contribution in [0, 0.1) is 11.3 Å². The average Bonchev–Trinajstić information content (AvgIpc) is 2.78. The van der Waals surface area contributed by atoms with E-state index in [1.54, 1.807) is 17.5 Å². The summed E-state index contributed by atoms with van der Waals surface area (Å²) in [5, 5.41) is 20.8. The van der Waals surface area contributed by atoms with E-state index in [2.05, 4.69) is 0 Å². The molecule has 1 heterocycles. The van der Waals surface area contributed by atoms with E-state index in [1.165, 1.54) is 24.3 Å². The molecule has 0 saturated heterocycles. The second-order valence-corrected chi connectivity index (χ2v) is 5.31. The van der Waals surface area contributed by atoms with Crippen LogP contribution < -0.4 is 0 Å². The summed E-state index contributed by atoms with van der Waals surface area (Å²) in [6.07, 6.45) is 1.32. The van der Waals surface area contributed by atoms with E-state index < -0.39 is 11.8 Å². The molecule has 0 fully saturated rings. The summed E-state index contributed by atoms with van der Waals surface area (Å²) in [6, 6.07) is 5.32. The fraction of sp³-hybridized carbons (Fsp3) is 0.0714. The molecule has 1 aromatic heterocycles. The van der Waals surface area contributed by atoms with Crippen LogP contribution in [0.4, 0.5) is 0 Å². The normalized spacial score (nSPS) is 11.3. The van der Waals surface area contributed by atoms with Gasteiger partial charge in [-0.05, 0) is 30.0 Å². The van der Waals surface area contributed by atoms with Crippen molar-refractivity contribution in [2.24, 2.45) is 0 Å². The van der Waals surface area contributed by atoms with Gasteiger partial charge >= 0.3 is 5.97 Å². The Morgan fingerprint density at radius 2 is 2.15 bits per heavy atom. The second-order valence-electron chi connectivity index (χ2n) is 4.02. The molecule has 0 bridgehead atoms. The molecule has 20 heavy (non-hydrogen) atoms. The lowest BCUT2D eigenvalue weighted by Gasteiger charge is -1.99. The van der Waals surface area contributed by atoms with Crippen molar-refractivity contribution in [3.05, 3.63) is 39.2 Å². The number of Topliss-reactive ketones (excluding diaryl/α,β-unsaturated/α-hetero) is 1. The quantitative estimate of drug-likeness (QED) is 0.535. The average molecular weight is 306 g/mol. The van der Waals surface area contributed by atoms with Gasteiger partial charge in [0.2, 0.25) is 0 Å². The van der Waals surface area contributed by atoms with Crippen LogP contribution in [0.3, 0.4) is 0 Å². The monoisotopic (exact) mass is 305 g/mol. The smallest absolute Gasteiger partial charge is 0.339 e. The Bertz CT molecular complexity index is 783. The fourth-order valence-electron chi connectivity index (χ4n) is 1.78. The number of carbonyl (C=O) groups excluding carboxylic acids is 1. The van der Waals surface area contributed by atoms with Crippen LogP contribution in [0.2, 0.25) is 5.02 Å². The standard InChI is InChI=1S/C14H8ClNO3S/c1-7(17)10(14(18)19)4-8-6-20-13-9(8)2-3-12(15)11(13)5-16/h2-4,6H,1H3,(H,18,19)/b10-4+. The summed E-state index contributed by atoms with van der Waals surface area (Å²) in [7, 11) is 0. The van der Waals surface area contributed by atoms with E-state index >= 15 is 0 Å². The van der Waals surface area contributed by atoms with E-state index in [9.17, 15) is 9.59 Å². The van der Waals surface area contributed by atoms with Gasteiger partial charge in [0.1, 0.15) is 11.6 Å². The zero-order chi connectivity index (χ0) is 14.9. The molecule has 2 rings (SSSR count). The molecule has 1 aromatic carbocycles. The van der Waals surface area contributed by atoms with Gasteiger partial charge in [0.15, 0.2) is 5.78 Å². The van der Waals surface area contributed by atoms with Gasteiger partial charge in [0.05, 0.1) is 15.3 Å². The van der Waals surface area contributed by atoms with Crippen LogP contribution in [-0.4, -0.2) is 16.9 Å². The minimum atomic E-state index is -1.27. The Morgan fingerprint density at radius 3 is 2.70 bits per heavy atom. The van der Waals surface area contributed by atoms with Crippen LogP contribution in [0.15, 0.2) is 23.1 Å². The van der Waals surface area contributed by atoms with Crippen molar-refractivity contribution in [1.29, 1.82) is 5.26 Å². The highest BCUT2D eigenvalue weighted by molar-refractivity contribution is 7.17. The van der Waals surface area contributed by atoms with Crippen molar-refractivity contribution in [1.82, 2.24) is 0 Å². The van der Waals surface area contributed by atoms with E-state index in [0.717, 1.165) is 0 Å². The first kappa shape index (κ1) is 14.3. The zero-order valence-corrected chi connectivity index (χ0v) is 11.9. The summed E-state index contributed by atoms with van der Waals surface area (Å²) < 4.78 is 0.680. The lowest BCUT2D eigenvalue weighted by molar-refractivity contribution is -0.134. The maximum atomic E-state index is 11.3. The number of thiophene rings is 1. The number of carbonyl (C=O) groups is 2. The van der Waals surface area contributed by atoms with Crippen molar-refractivity contribution in [3.63, 3.8) is 0 Å². The highest BCUT2D eigenvalue weighted by Gasteiger charge is 2.15. The Hall–Kier alpha value is -2.16. The van der Waals surface area contributed by atoms with Crippen molar-refractivity contribution < 1.29 is 14.7 Å². The van der Waals surface area contributed by atoms with Gasteiger partial charge in [-0.1, -0.05) is 17.7 Å². The first-order valence-corrected chi connectivity index (χ1v) is 6.77. The molecule has 0 aliphatic heterocycles. The fourth-order valence-corrected chi connectivity index (χ4v) is 3.06. The molecule has 0 aliphatic carbocycles. The van der Waals surface area contributed by atoms with Crippen LogP contribution in [-0.2, 0) is 9.59 Å². The number of nitrogens with zero attached hydrogens (tertiary/aromatic N) is 1. The molecule has 0 spiro atoms. The van der Waals surface area contributed by atoms with Crippen molar-refractivity contribution in [3.8, 4) is 6.07 Å². The van der Waals surface area contributed by atoms with E-state index in [4.69, 9.17) is 22.0 Å². The van der Waals surface area contributed by atoms with Crippen LogP contribution in [0.25, 0.3) is 16.2 Å². The molecule has 0 saturated carbocycles. The van der Waals surface area contributed by atoms with Gasteiger partial charge in [-0.2, -0.15) is 5.26 Å². The highest BCUT2D eigenvalue weighted by atomic mass is 35.5. The summed E-state index contributed by atoms with van der Waals surface area (Å²) in [6.45, 7) is 1.20. The lowest BCUT2D eigenvalue weighted by atomic mass is 10.1. The van der Waals surface area contributed by atoms with Gasteiger partial charge in [-0.3, -0.25) is 4.79 Å². The second kappa shape index (κ2) is 5.45. The molecular formula is C14H8ClNO3S. The molecule has 0 amide bonds.